The Kier molecular flexibility index (Phi) is 5.41. The summed E-state index contributed by atoms with van der Waals surface area (Å²) >= 11 is 17.8. The molecular weight excluding hydrogens is 319 g/mol. The molecular formula is C15H13Cl3O2. The molecule has 2 rings (SSSR count). The molecule has 0 amide bonds. The lowest BCUT2D eigenvalue weighted by Gasteiger charge is -2.14. The second-order valence-corrected chi connectivity index (χ2v) is 5.20. The highest BCUT2D eigenvalue weighted by Gasteiger charge is 2.10. The van der Waals surface area contributed by atoms with Crippen LogP contribution in [0.1, 0.15) is 11.1 Å². The first-order valence-electron chi connectivity index (χ1n) is 5.94. The predicted octanol–water partition coefficient (Wildman–Crippen LogP) is 5.32. The lowest BCUT2D eigenvalue weighted by atomic mass is 10.2. The van der Waals surface area contributed by atoms with Crippen molar-refractivity contribution in [2.45, 2.75) is 12.5 Å². The molecule has 2 aromatic rings. The smallest absolute Gasteiger partial charge is 0.166 e. The molecule has 0 saturated carbocycles. The van der Waals surface area contributed by atoms with Gasteiger partial charge in [-0.05, 0) is 23.8 Å². The first-order valence-corrected chi connectivity index (χ1v) is 7.23. The van der Waals surface area contributed by atoms with E-state index in [1.54, 1.807) is 19.2 Å². The number of ether oxygens (including phenoxy) is 2. The molecule has 0 spiro atoms. The number of hydrogen-bond donors (Lipinski definition) is 0. The van der Waals surface area contributed by atoms with Crippen LogP contribution < -0.4 is 9.47 Å². The van der Waals surface area contributed by atoms with E-state index in [0.717, 1.165) is 11.1 Å². The van der Waals surface area contributed by atoms with Gasteiger partial charge in [-0.3, -0.25) is 0 Å². The number of benzene rings is 2. The molecule has 0 heterocycles. The van der Waals surface area contributed by atoms with E-state index in [1.807, 2.05) is 24.3 Å². The second-order valence-electron chi connectivity index (χ2n) is 4.12. The van der Waals surface area contributed by atoms with E-state index in [2.05, 4.69) is 0 Å². The minimum atomic E-state index is 0.355. The predicted molar refractivity (Wildman–Crippen MR) is 83.3 cm³/mol. The van der Waals surface area contributed by atoms with Crippen molar-refractivity contribution in [3.63, 3.8) is 0 Å². The van der Waals surface area contributed by atoms with Crippen molar-refractivity contribution < 1.29 is 9.47 Å². The van der Waals surface area contributed by atoms with E-state index in [4.69, 9.17) is 44.3 Å². The largest absolute Gasteiger partial charge is 0.493 e. The summed E-state index contributed by atoms with van der Waals surface area (Å²) in [6.07, 6.45) is 0. The van der Waals surface area contributed by atoms with Gasteiger partial charge in [-0.25, -0.2) is 0 Å². The van der Waals surface area contributed by atoms with E-state index >= 15 is 0 Å². The molecule has 2 nitrogen and oxygen atoms in total. The zero-order valence-corrected chi connectivity index (χ0v) is 13.1. The summed E-state index contributed by atoms with van der Waals surface area (Å²) in [7, 11) is 1.60. The van der Waals surface area contributed by atoms with Crippen LogP contribution in [0.15, 0.2) is 36.4 Å². The highest BCUT2D eigenvalue weighted by molar-refractivity contribution is 6.42. The van der Waals surface area contributed by atoms with Gasteiger partial charge in [0.15, 0.2) is 11.5 Å². The van der Waals surface area contributed by atoms with E-state index in [1.165, 1.54) is 0 Å². The van der Waals surface area contributed by atoms with Gasteiger partial charge in [0.25, 0.3) is 0 Å². The number of methoxy groups -OCH3 is 1. The summed E-state index contributed by atoms with van der Waals surface area (Å²) in [5, 5.41) is 1.03. The van der Waals surface area contributed by atoms with Gasteiger partial charge < -0.3 is 9.47 Å². The SMILES string of the molecule is COc1cccc(CCl)c1OCc1ccc(Cl)c(Cl)c1. The number of alkyl halides is 1. The van der Waals surface area contributed by atoms with Crippen LogP contribution in [0.2, 0.25) is 10.0 Å². The molecule has 0 aliphatic heterocycles. The Labute approximate surface area is 133 Å². The Bertz CT molecular complexity index is 577. The molecule has 2 aromatic carbocycles. The van der Waals surface area contributed by atoms with Crippen LogP contribution in [0.25, 0.3) is 0 Å². The van der Waals surface area contributed by atoms with Gasteiger partial charge in [-0.15, -0.1) is 11.6 Å². The topological polar surface area (TPSA) is 18.5 Å². The fourth-order valence-corrected chi connectivity index (χ4v) is 2.31. The number of hydrogen-bond acceptors (Lipinski definition) is 2. The molecule has 106 valence electrons. The fourth-order valence-electron chi connectivity index (χ4n) is 1.78. The van der Waals surface area contributed by atoms with Crippen LogP contribution in [-0.4, -0.2) is 7.11 Å². The molecule has 0 atom stereocenters. The molecule has 5 heteroatoms. The molecule has 20 heavy (non-hydrogen) atoms. The molecule has 0 bridgehead atoms. The van der Waals surface area contributed by atoms with Gasteiger partial charge in [0.05, 0.1) is 23.0 Å². The lowest BCUT2D eigenvalue weighted by Crippen LogP contribution is -2.00. The van der Waals surface area contributed by atoms with Crippen molar-refractivity contribution >= 4 is 34.8 Å². The molecule has 0 aliphatic carbocycles. The van der Waals surface area contributed by atoms with Crippen LogP contribution >= 0.6 is 34.8 Å². The molecule has 0 N–H and O–H groups in total. The normalized spacial score (nSPS) is 10.4. The summed E-state index contributed by atoms with van der Waals surface area (Å²) in [5.41, 5.74) is 1.80. The summed E-state index contributed by atoms with van der Waals surface area (Å²) in [4.78, 5) is 0. The zero-order chi connectivity index (χ0) is 14.5. The van der Waals surface area contributed by atoms with Crippen LogP contribution in [-0.2, 0) is 12.5 Å². The van der Waals surface area contributed by atoms with Gasteiger partial charge in [0.2, 0.25) is 0 Å². The maximum atomic E-state index is 5.98. The maximum Gasteiger partial charge on any atom is 0.166 e. The van der Waals surface area contributed by atoms with Gasteiger partial charge in [0, 0.05) is 5.56 Å². The molecule has 0 radical (unpaired) electrons. The minimum Gasteiger partial charge on any atom is -0.493 e. The maximum absolute atomic E-state index is 5.98. The van der Waals surface area contributed by atoms with Crippen molar-refractivity contribution in [1.82, 2.24) is 0 Å². The first kappa shape index (κ1) is 15.3. The fraction of sp³-hybridized carbons (Fsp3) is 0.200. The number of rotatable bonds is 5. The van der Waals surface area contributed by atoms with E-state index in [-0.39, 0.29) is 0 Å². The van der Waals surface area contributed by atoms with Crippen molar-refractivity contribution in [3.05, 3.63) is 57.6 Å². The summed E-state index contributed by atoms with van der Waals surface area (Å²) < 4.78 is 11.1. The molecule has 0 aliphatic rings. The molecule has 0 unspecified atom stereocenters. The highest BCUT2D eigenvalue weighted by Crippen LogP contribution is 2.33. The average Bonchev–Trinajstić information content (AvgIpc) is 2.48. The Morgan fingerprint density at radius 2 is 1.85 bits per heavy atom. The third kappa shape index (κ3) is 3.51. The third-order valence-electron chi connectivity index (χ3n) is 2.79. The Hall–Kier alpha value is -1.09. The summed E-state index contributed by atoms with van der Waals surface area (Å²) in [5.74, 6) is 1.66. The Morgan fingerprint density at radius 1 is 1.05 bits per heavy atom. The van der Waals surface area contributed by atoms with Crippen LogP contribution in [0.4, 0.5) is 0 Å². The number of halogens is 3. The minimum absolute atomic E-state index is 0.355. The first-order chi connectivity index (χ1) is 9.65. The molecule has 0 saturated heterocycles. The van der Waals surface area contributed by atoms with Crippen molar-refractivity contribution in [2.24, 2.45) is 0 Å². The molecule has 0 aromatic heterocycles. The van der Waals surface area contributed by atoms with Gasteiger partial charge >= 0.3 is 0 Å². The van der Waals surface area contributed by atoms with Gasteiger partial charge in [-0.1, -0.05) is 41.4 Å². The van der Waals surface area contributed by atoms with Crippen LogP contribution in [0.3, 0.4) is 0 Å². The second kappa shape index (κ2) is 7.07. The average molecular weight is 332 g/mol. The van der Waals surface area contributed by atoms with E-state index < -0.39 is 0 Å². The standard InChI is InChI=1S/C15H13Cl3O2/c1-19-14-4-2-3-11(8-16)15(14)20-9-10-5-6-12(17)13(18)7-10/h2-7H,8-9H2,1H3. The molecule has 0 fully saturated rings. The van der Waals surface area contributed by atoms with Crippen LogP contribution in [0.5, 0.6) is 11.5 Å². The highest BCUT2D eigenvalue weighted by atomic mass is 35.5. The third-order valence-corrected chi connectivity index (χ3v) is 3.82. The van der Waals surface area contributed by atoms with Crippen molar-refractivity contribution in [1.29, 1.82) is 0 Å². The number of para-hydroxylation sites is 1. The van der Waals surface area contributed by atoms with Gasteiger partial charge in [0.1, 0.15) is 6.61 Å². The monoisotopic (exact) mass is 330 g/mol. The Morgan fingerprint density at radius 3 is 2.50 bits per heavy atom. The Balaban J connectivity index is 2.19. The van der Waals surface area contributed by atoms with Crippen molar-refractivity contribution in [2.75, 3.05) is 7.11 Å². The lowest BCUT2D eigenvalue weighted by molar-refractivity contribution is 0.282. The zero-order valence-electron chi connectivity index (χ0n) is 10.8. The van der Waals surface area contributed by atoms with Crippen molar-refractivity contribution in [3.8, 4) is 11.5 Å². The quantitative estimate of drug-likeness (QED) is 0.690. The summed E-state index contributed by atoms with van der Waals surface area (Å²) in [6.45, 7) is 0.362. The van der Waals surface area contributed by atoms with E-state index in [9.17, 15) is 0 Å². The van der Waals surface area contributed by atoms with E-state index in [0.29, 0.717) is 34.0 Å². The van der Waals surface area contributed by atoms with Crippen LogP contribution in [0, 0.1) is 0 Å². The summed E-state index contributed by atoms with van der Waals surface area (Å²) in [6, 6.07) is 11.0. The van der Waals surface area contributed by atoms with Gasteiger partial charge in [-0.2, -0.15) is 0 Å².